The predicted octanol–water partition coefficient (Wildman–Crippen LogP) is 4.82. The van der Waals surface area contributed by atoms with E-state index in [0.29, 0.717) is 22.4 Å². The molecular weight excluding hydrogens is 336 g/mol. The zero-order valence-corrected chi connectivity index (χ0v) is 14.2. The van der Waals surface area contributed by atoms with Crippen molar-refractivity contribution >= 4 is 34.4 Å². The van der Waals surface area contributed by atoms with Crippen molar-refractivity contribution in [2.75, 3.05) is 12.4 Å². The molecule has 4 aromatic rings. The Morgan fingerprint density at radius 3 is 2.88 bits per heavy atom. The number of aromatic nitrogens is 1. The van der Waals surface area contributed by atoms with Gasteiger partial charge in [-0.25, -0.2) is 0 Å². The van der Waals surface area contributed by atoms with Crippen molar-refractivity contribution in [3.05, 3.63) is 65.5 Å². The summed E-state index contributed by atoms with van der Waals surface area (Å²) in [6.07, 6.45) is 0. The summed E-state index contributed by atoms with van der Waals surface area (Å²) >= 11 is 1.66. The molecule has 0 unspecified atom stereocenters. The van der Waals surface area contributed by atoms with Crippen molar-refractivity contribution in [1.82, 2.24) is 4.98 Å². The molecular formula is C19H14N2O3S. The molecule has 5 nitrogen and oxygen atoms in total. The normalized spacial score (nSPS) is 10.8. The van der Waals surface area contributed by atoms with Crippen LogP contribution in [-0.4, -0.2) is 18.0 Å². The van der Waals surface area contributed by atoms with Crippen LogP contribution in [0.2, 0.25) is 0 Å². The Kier molecular flexibility index (Phi) is 3.95. The number of ether oxygens (including phenoxy) is 1. The molecule has 0 saturated heterocycles. The lowest BCUT2D eigenvalue weighted by Gasteiger charge is -2.03. The van der Waals surface area contributed by atoms with E-state index in [1.165, 1.54) is 0 Å². The summed E-state index contributed by atoms with van der Waals surface area (Å²) in [7, 11) is 1.56. The number of rotatable bonds is 4. The molecule has 1 amide bonds. The Labute approximate surface area is 147 Å². The van der Waals surface area contributed by atoms with Crippen LogP contribution >= 0.6 is 11.3 Å². The lowest BCUT2D eigenvalue weighted by Crippen LogP contribution is -2.12. The van der Waals surface area contributed by atoms with Crippen molar-refractivity contribution in [2.24, 2.45) is 0 Å². The maximum atomic E-state index is 12.3. The Bertz CT molecular complexity index is 1040. The van der Waals surface area contributed by atoms with Gasteiger partial charge in [0.1, 0.15) is 11.3 Å². The highest BCUT2D eigenvalue weighted by molar-refractivity contribution is 7.13. The van der Waals surface area contributed by atoms with Crippen LogP contribution < -0.4 is 10.1 Å². The third-order valence-electron chi connectivity index (χ3n) is 3.75. The molecule has 0 fully saturated rings. The fourth-order valence-electron chi connectivity index (χ4n) is 2.51. The van der Waals surface area contributed by atoms with Crippen molar-refractivity contribution in [3.63, 3.8) is 0 Å². The Morgan fingerprint density at radius 1 is 1.16 bits per heavy atom. The van der Waals surface area contributed by atoms with Gasteiger partial charge in [-0.1, -0.05) is 12.1 Å². The molecule has 0 aliphatic rings. The molecule has 25 heavy (non-hydrogen) atoms. The van der Waals surface area contributed by atoms with E-state index in [2.05, 4.69) is 16.4 Å². The minimum absolute atomic E-state index is 0.172. The van der Waals surface area contributed by atoms with Crippen LogP contribution in [-0.2, 0) is 0 Å². The van der Waals surface area contributed by atoms with Gasteiger partial charge in [-0.2, -0.15) is 4.98 Å². The maximum Gasteiger partial charge on any atom is 0.302 e. The predicted molar refractivity (Wildman–Crippen MR) is 98.3 cm³/mol. The summed E-state index contributed by atoms with van der Waals surface area (Å²) in [6.45, 7) is 0. The van der Waals surface area contributed by atoms with Crippen molar-refractivity contribution in [3.8, 4) is 16.2 Å². The zero-order valence-electron chi connectivity index (χ0n) is 13.4. The largest absolute Gasteiger partial charge is 0.497 e. The summed E-state index contributed by atoms with van der Waals surface area (Å²) in [4.78, 5) is 17.9. The maximum absolute atomic E-state index is 12.3. The first-order chi connectivity index (χ1) is 12.2. The molecule has 1 N–H and O–H groups in total. The van der Waals surface area contributed by atoms with Crippen molar-refractivity contribution < 1.29 is 13.9 Å². The van der Waals surface area contributed by atoms with Crippen LogP contribution in [0.5, 0.6) is 5.75 Å². The average Bonchev–Trinajstić information content (AvgIpc) is 3.30. The molecule has 6 heteroatoms. The fraction of sp³-hybridized carbons (Fsp3) is 0.0526. The lowest BCUT2D eigenvalue weighted by molar-refractivity contribution is 0.102. The standard InChI is InChI=1S/C19H14N2O3S/c1-23-14-5-2-4-13(10-14)18(22)21-19-20-15-11-12(7-8-16(15)24-19)17-6-3-9-25-17/h2-11H,1H3,(H,20,21,22). The summed E-state index contributed by atoms with van der Waals surface area (Å²) in [5.74, 6) is 0.315. The number of carbonyl (C=O) groups is 1. The number of fused-ring (bicyclic) bond motifs is 1. The first-order valence-electron chi connectivity index (χ1n) is 7.63. The van der Waals surface area contributed by atoms with E-state index >= 15 is 0 Å². The number of thiophene rings is 1. The number of oxazole rings is 1. The molecule has 0 atom stereocenters. The Balaban J connectivity index is 1.60. The van der Waals surface area contributed by atoms with Gasteiger partial charge in [-0.15, -0.1) is 11.3 Å². The summed E-state index contributed by atoms with van der Waals surface area (Å²) < 4.78 is 10.8. The van der Waals surface area contributed by atoms with E-state index in [9.17, 15) is 4.79 Å². The van der Waals surface area contributed by atoms with Crippen molar-refractivity contribution in [2.45, 2.75) is 0 Å². The molecule has 2 aromatic carbocycles. The number of carbonyl (C=O) groups excluding carboxylic acids is 1. The van der Waals surface area contributed by atoms with E-state index < -0.39 is 0 Å². The minimum atomic E-state index is -0.302. The lowest BCUT2D eigenvalue weighted by atomic mass is 10.2. The number of amides is 1. The van der Waals surface area contributed by atoms with E-state index in [1.54, 1.807) is 42.7 Å². The Morgan fingerprint density at radius 2 is 2.08 bits per heavy atom. The highest BCUT2D eigenvalue weighted by Gasteiger charge is 2.13. The number of hydrogen-bond donors (Lipinski definition) is 1. The molecule has 0 bridgehead atoms. The van der Waals surface area contributed by atoms with Crippen molar-refractivity contribution in [1.29, 1.82) is 0 Å². The molecule has 0 aliphatic carbocycles. The SMILES string of the molecule is COc1cccc(C(=O)Nc2nc3cc(-c4cccs4)ccc3o2)c1. The molecule has 124 valence electrons. The van der Waals surface area contributed by atoms with Crippen LogP contribution in [0.3, 0.4) is 0 Å². The third kappa shape index (κ3) is 3.12. The Hall–Kier alpha value is -3.12. The molecule has 2 heterocycles. The highest BCUT2D eigenvalue weighted by atomic mass is 32.1. The summed E-state index contributed by atoms with van der Waals surface area (Å²) in [5.41, 5.74) is 2.87. The van der Waals surface area contributed by atoms with Gasteiger partial charge in [0.15, 0.2) is 5.58 Å². The molecule has 0 aliphatic heterocycles. The number of nitrogens with one attached hydrogen (secondary N) is 1. The summed E-state index contributed by atoms with van der Waals surface area (Å²) in [6, 6.07) is 16.9. The van der Waals surface area contributed by atoms with Gasteiger partial charge >= 0.3 is 6.01 Å². The quantitative estimate of drug-likeness (QED) is 0.573. The summed E-state index contributed by atoms with van der Waals surface area (Å²) in [5, 5.41) is 4.71. The fourth-order valence-corrected chi connectivity index (χ4v) is 3.23. The van der Waals surface area contributed by atoms with Crippen LogP contribution in [0.1, 0.15) is 10.4 Å². The second kappa shape index (κ2) is 6.41. The second-order valence-electron chi connectivity index (χ2n) is 5.36. The number of nitrogens with zero attached hydrogens (tertiary/aromatic N) is 1. The van der Waals surface area contributed by atoms with Crippen LogP contribution in [0, 0.1) is 0 Å². The van der Waals surface area contributed by atoms with Gasteiger partial charge in [0.2, 0.25) is 0 Å². The highest BCUT2D eigenvalue weighted by Crippen LogP contribution is 2.29. The average molecular weight is 350 g/mol. The minimum Gasteiger partial charge on any atom is -0.497 e. The van der Waals surface area contributed by atoms with E-state index in [0.717, 1.165) is 10.4 Å². The number of benzene rings is 2. The smallest absolute Gasteiger partial charge is 0.302 e. The van der Waals surface area contributed by atoms with Crippen LogP contribution in [0.15, 0.2) is 64.4 Å². The first kappa shape index (κ1) is 15.4. The van der Waals surface area contributed by atoms with Gasteiger partial charge < -0.3 is 9.15 Å². The van der Waals surface area contributed by atoms with E-state index in [4.69, 9.17) is 9.15 Å². The second-order valence-corrected chi connectivity index (χ2v) is 6.31. The molecule has 4 rings (SSSR count). The van der Waals surface area contributed by atoms with E-state index in [-0.39, 0.29) is 11.9 Å². The van der Waals surface area contributed by atoms with Gasteiger partial charge in [-0.3, -0.25) is 10.1 Å². The topological polar surface area (TPSA) is 64.4 Å². The van der Waals surface area contributed by atoms with Gasteiger partial charge in [0, 0.05) is 10.4 Å². The molecule has 2 aromatic heterocycles. The third-order valence-corrected chi connectivity index (χ3v) is 4.66. The first-order valence-corrected chi connectivity index (χ1v) is 8.51. The zero-order chi connectivity index (χ0) is 17.2. The molecule has 0 saturated carbocycles. The van der Waals surface area contributed by atoms with Crippen LogP contribution in [0.25, 0.3) is 21.5 Å². The molecule has 0 radical (unpaired) electrons. The monoisotopic (exact) mass is 350 g/mol. The number of hydrogen-bond acceptors (Lipinski definition) is 5. The van der Waals surface area contributed by atoms with Gasteiger partial charge in [0.05, 0.1) is 7.11 Å². The van der Waals surface area contributed by atoms with Gasteiger partial charge in [-0.05, 0) is 53.4 Å². The van der Waals surface area contributed by atoms with Crippen LogP contribution in [0.4, 0.5) is 6.01 Å². The van der Waals surface area contributed by atoms with Gasteiger partial charge in [0.25, 0.3) is 5.91 Å². The number of anilines is 1. The number of methoxy groups -OCH3 is 1. The van der Waals surface area contributed by atoms with E-state index in [1.807, 2.05) is 29.6 Å². The molecule has 0 spiro atoms.